The average molecular weight is 462 g/mol. The van der Waals surface area contributed by atoms with E-state index in [9.17, 15) is 9.18 Å². The summed E-state index contributed by atoms with van der Waals surface area (Å²) in [5.74, 6) is -0.0460. The Morgan fingerprint density at radius 3 is 2.69 bits per heavy atom. The second kappa shape index (κ2) is 9.25. The third kappa shape index (κ3) is 4.46. The molecule has 32 heavy (non-hydrogen) atoms. The van der Waals surface area contributed by atoms with E-state index < -0.39 is 11.7 Å². The number of nitrogens with one attached hydrogen (secondary N) is 1. The number of halogens is 2. The lowest BCUT2D eigenvalue weighted by atomic mass is 10.2. The summed E-state index contributed by atoms with van der Waals surface area (Å²) in [7, 11) is 3.36. The Labute approximate surface area is 190 Å². The molecule has 2 aromatic rings. The summed E-state index contributed by atoms with van der Waals surface area (Å²) in [6.07, 6.45) is 1.65. The van der Waals surface area contributed by atoms with E-state index in [2.05, 4.69) is 36.6 Å². The highest BCUT2D eigenvalue weighted by atomic mass is 35.5. The summed E-state index contributed by atoms with van der Waals surface area (Å²) in [5.41, 5.74) is 2.90. The second-order valence-electron chi connectivity index (χ2n) is 7.70. The van der Waals surface area contributed by atoms with Gasteiger partial charge in [-0.25, -0.2) is 9.37 Å². The van der Waals surface area contributed by atoms with Crippen LogP contribution in [0.5, 0.6) is 6.01 Å². The molecule has 0 saturated carbocycles. The molecule has 0 unspecified atom stereocenters. The molecule has 9 nitrogen and oxygen atoms in total. The van der Waals surface area contributed by atoms with Crippen LogP contribution in [-0.4, -0.2) is 71.0 Å². The molecule has 0 atom stereocenters. The molecule has 0 radical (unpaired) electrons. The van der Waals surface area contributed by atoms with Crippen LogP contribution in [0.2, 0.25) is 5.02 Å². The van der Waals surface area contributed by atoms with Crippen molar-refractivity contribution in [2.24, 2.45) is 0 Å². The molecule has 1 fully saturated rings. The number of methoxy groups -OCH3 is 1. The van der Waals surface area contributed by atoms with Crippen LogP contribution in [0, 0.1) is 0 Å². The SMILES string of the molecule is C=C(F)C(=O)N1CCN(c2nc(OC)nc3c2CN(Cc2cc(NC)ncc2Cl)C3)CC1. The topological polar surface area (TPSA) is 86.7 Å². The minimum absolute atomic E-state index is 0.302. The zero-order chi connectivity index (χ0) is 22.8. The molecule has 0 aliphatic carbocycles. The van der Waals surface area contributed by atoms with Crippen LogP contribution in [0.3, 0.4) is 0 Å². The number of rotatable bonds is 6. The zero-order valence-corrected chi connectivity index (χ0v) is 18.8. The van der Waals surface area contributed by atoms with Crippen LogP contribution in [0.15, 0.2) is 24.7 Å². The van der Waals surface area contributed by atoms with Crippen molar-refractivity contribution in [1.29, 1.82) is 0 Å². The molecule has 11 heteroatoms. The summed E-state index contributed by atoms with van der Waals surface area (Å²) in [4.78, 5) is 31.1. The average Bonchev–Trinajstić information content (AvgIpc) is 3.21. The lowest BCUT2D eigenvalue weighted by Gasteiger charge is -2.35. The molecule has 0 bridgehead atoms. The molecule has 0 spiro atoms. The second-order valence-corrected chi connectivity index (χ2v) is 8.11. The monoisotopic (exact) mass is 461 g/mol. The number of piperazine rings is 1. The van der Waals surface area contributed by atoms with E-state index in [1.165, 1.54) is 12.0 Å². The van der Waals surface area contributed by atoms with Crippen LogP contribution < -0.4 is 15.0 Å². The number of hydrogen-bond acceptors (Lipinski definition) is 8. The quantitative estimate of drug-likeness (QED) is 0.655. The lowest BCUT2D eigenvalue weighted by molar-refractivity contribution is -0.128. The van der Waals surface area contributed by atoms with E-state index in [0.29, 0.717) is 56.8 Å². The van der Waals surface area contributed by atoms with E-state index in [4.69, 9.17) is 16.3 Å². The number of fused-ring (bicyclic) bond motifs is 1. The summed E-state index contributed by atoms with van der Waals surface area (Å²) >= 11 is 6.37. The van der Waals surface area contributed by atoms with E-state index in [0.717, 1.165) is 28.5 Å². The number of aromatic nitrogens is 3. The van der Waals surface area contributed by atoms with Gasteiger partial charge >= 0.3 is 6.01 Å². The molecule has 4 rings (SSSR count). The van der Waals surface area contributed by atoms with Crippen molar-refractivity contribution in [3.05, 3.63) is 46.5 Å². The standard InChI is InChI=1S/C21H25ClFN7O2/c1-13(23)20(31)30-6-4-29(5-7-30)19-15-11-28(12-17(15)26-21(27-19)32-3)10-14-8-18(24-2)25-9-16(14)22/h8-9H,1,4-7,10-12H2,2-3H3,(H,24,25). The van der Waals surface area contributed by atoms with Crippen molar-refractivity contribution in [2.75, 3.05) is 50.6 Å². The van der Waals surface area contributed by atoms with Gasteiger partial charge in [-0.2, -0.15) is 9.97 Å². The van der Waals surface area contributed by atoms with Gasteiger partial charge in [0, 0.05) is 64.6 Å². The van der Waals surface area contributed by atoms with Crippen LogP contribution in [-0.2, 0) is 24.4 Å². The van der Waals surface area contributed by atoms with Gasteiger partial charge in [-0.15, -0.1) is 0 Å². The Morgan fingerprint density at radius 2 is 2.03 bits per heavy atom. The molecule has 2 aromatic heterocycles. The van der Waals surface area contributed by atoms with E-state index in [1.54, 1.807) is 6.20 Å². The van der Waals surface area contributed by atoms with Gasteiger partial charge in [-0.1, -0.05) is 18.2 Å². The fourth-order valence-corrected chi connectivity index (χ4v) is 4.18. The first-order valence-corrected chi connectivity index (χ1v) is 10.6. The summed E-state index contributed by atoms with van der Waals surface area (Å²) in [6.45, 7) is 6.89. The summed E-state index contributed by atoms with van der Waals surface area (Å²) in [5, 5.41) is 3.64. The van der Waals surface area contributed by atoms with Crippen molar-refractivity contribution >= 4 is 29.1 Å². The van der Waals surface area contributed by atoms with Crippen LogP contribution in [0.1, 0.15) is 16.8 Å². The molecule has 1 N–H and O–H groups in total. The molecular weight excluding hydrogens is 437 g/mol. The Hall–Kier alpha value is -2.98. The molecule has 0 aromatic carbocycles. The summed E-state index contributed by atoms with van der Waals surface area (Å²) < 4.78 is 18.6. The Balaban J connectivity index is 1.53. The molecule has 2 aliphatic rings. The highest BCUT2D eigenvalue weighted by molar-refractivity contribution is 6.31. The predicted octanol–water partition coefficient (Wildman–Crippen LogP) is 2.22. The molecule has 170 valence electrons. The van der Waals surface area contributed by atoms with Gasteiger partial charge in [0.25, 0.3) is 5.91 Å². The smallest absolute Gasteiger partial charge is 0.318 e. The Kier molecular flexibility index (Phi) is 6.43. The van der Waals surface area contributed by atoms with Gasteiger partial charge in [0.15, 0.2) is 5.83 Å². The number of carbonyl (C=O) groups is 1. The van der Waals surface area contributed by atoms with Crippen molar-refractivity contribution < 1.29 is 13.9 Å². The van der Waals surface area contributed by atoms with Crippen molar-refractivity contribution in [3.63, 3.8) is 0 Å². The molecule has 1 amide bonds. The minimum Gasteiger partial charge on any atom is -0.467 e. The fraction of sp³-hybridized carbons (Fsp3) is 0.429. The maximum atomic E-state index is 13.2. The maximum absolute atomic E-state index is 13.2. The maximum Gasteiger partial charge on any atom is 0.318 e. The first kappa shape index (κ1) is 22.2. The number of nitrogens with zero attached hydrogens (tertiary/aromatic N) is 6. The number of pyridine rings is 1. The van der Waals surface area contributed by atoms with Gasteiger partial charge in [0.05, 0.1) is 17.8 Å². The zero-order valence-electron chi connectivity index (χ0n) is 18.1. The minimum atomic E-state index is -0.935. The van der Waals surface area contributed by atoms with Gasteiger partial charge in [-0.05, 0) is 11.6 Å². The highest BCUT2D eigenvalue weighted by Crippen LogP contribution is 2.33. The number of amides is 1. The molecule has 4 heterocycles. The van der Waals surface area contributed by atoms with E-state index in [-0.39, 0.29) is 0 Å². The third-order valence-corrected chi connectivity index (χ3v) is 6.01. The predicted molar refractivity (Wildman–Crippen MR) is 119 cm³/mol. The lowest BCUT2D eigenvalue weighted by Crippen LogP contribution is -2.49. The number of hydrogen-bond donors (Lipinski definition) is 1. The Bertz CT molecular complexity index is 1040. The fourth-order valence-electron chi connectivity index (χ4n) is 4.02. The van der Waals surface area contributed by atoms with Crippen LogP contribution >= 0.6 is 11.6 Å². The van der Waals surface area contributed by atoms with Gasteiger partial charge in [-0.3, -0.25) is 9.69 Å². The van der Waals surface area contributed by atoms with E-state index >= 15 is 0 Å². The normalized spacial score (nSPS) is 16.1. The first-order valence-electron chi connectivity index (χ1n) is 10.3. The van der Waals surface area contributed by atoms with Crippen LogP contribution in [0.4, 0.5) is 16.0 Å². The molecule has 1 saturated heterocycles. The van der Waals surface area contributed by atoms with E-state index in [1.807, 2.05) is 13.1 Å². The summed E-state index contributed by atoms with van der Waals surface area (Å²) in [6, 6.07) is 2.24. The number of anilines is 2. The number of carbonyl (C=O) groups excluding carboxylic acids is 1. The van der Waals surface area contributed by atoms with Crippen molar-refractivity contribution in [2.45, 2.75) is 19.6 Å². The third-order valence-electron chi connectivity index (χ3n) is 5.67. The van der Waals surface area contributed by atoms with Gasteiger partial charge in [0.1, 0.15) is 11.6 Å². The van der Waals surface area contributed by atoms with Gasteiger partial charge < -0.3 is 19.9 Å². The van der Waals surface area contributed by atoms with Gasteiger partial charge in [0.2, 0.25) is 0 Å². The highest BCUT2D eigenvalue weighted by Gasteiger charge is 2.31. The first-order chi connectivity index (χ1) is 15.4. The molecular formula is C21H25ClFN7O2. The number of ether oxygens (including phenoxy) is 1. The Morgan fingerprint density at radius 1 is 1.28 bits per heavy atom. The largest absolute Gasteiger partial charge is 0.467 e. The van der Waals surface area contributed by atoms with Crippen molar-refractivity contribution in [3.8, 4) is 6.01 Å². The van der Waals surface area contributed by atoms with Crippen LogP contribution in [0.25, 0.3) is 0 Å². The van der Waals surface area contributed by atoms with Crippen molar-refractivity contribution in [1.82, 2.24) is 24.8 Å². The molecule has 2 aliphatic heterocycles.